The summed E-state index contributed by atoms with van der Waals surface area (Å²) in [5.41, 5.74) is 2.58. The molecule has 34 heavy (non-hydrogen) atoms. The summed E-state index contributed by atoms with van der Waals surface area (Å²) in [6.45, 7) is 15.1. The first kappa shape index (κ1) is 26.9. The van der Waals surface area contributed by atoms with E-state index >= 15 is 0 Å². The van der Waals surface area contributed by atoms with Crippen LogP contribution in [0.4, 0.5) is 5.69 Å². The summed E-state index contributed by atoms with van der Waals surface area (Å²) >= 11 is 0. The molecule has 2 aliphatic rings. The Morgan fingerprint density at radius 2 is 1.82 bits per heavy atom. The van der Waals surface area contributed by atoms with Crippen LogP contribution >= 0.6 is 0 Å². The average molecular weight is 474 g/mol. The summed E-state index contributed by atoms with van der Waals surface area (Å²) in [6.07, 6.45) is 4.38. The number of hydrogen-bond donors (Lipinski definition) is 2. The van der Waals surface area contributed by atoms with Gasteiger partial charge in [-0.05, 0) is 76.9 Å². The highest BCUT2D eigenvalue weighted by Gasteiger charge is 2.40. The van der Waals surface area contributed by atoms with E-state index < -0.39 is 0 Å². The van der Waals surface area contributed by atoms with Crippen LogP contribution in [0.5, 0.6) is 0 Å². The molecule has 2 aliphatic heterocycles. The van der Waals surface area contributed by atoms with Crippen molar-refractivity contribution in [2.24, 2.45) is 0 Å². The number of piperidine rings is 1. The smallest absolute Gasteiger partial charge is 0.237 e. The van der Waals surface area contributed by atoms with Gasteiger partial charge < -0.3 is 25.2 Å². The predicted molar refractivity (Wildman–Crippen MR) is 140 cm³/mol. The molecule has 2 fully saturated rings. The van der Waals surface area contributed by atoms with Crippen LogP contribution < -0.4 is 15.5 Å². The number of methoxy groups -OCH3 is 1. The molecule has 0 aromatic heterocycles. The minimum Gasteiger partial charge on any atom is -0.383 e. The van der Waals surface area contributed by atoms with Gasteiger partial charge in [-0.2, -0.15) is 0 Å². The molecule has 7 heteroatoms. The van der Waals surface area contributed by atoms with E-state index in [0.29, 0.717) is 25.2 Å². The van der Waals surface area contributed by atoms with Gasteiger partial charge in [-0.25, -0.2) is 0 Å². The SMILES string of the molecule is CCCN1CCC(N2C[C@@H](NCc3ccc(N(CC)CC)cc3)C[C@H]2C(=O)NCCOC)CC1. The molecule has 0 radical (unpaired) electrons. The van der Waals surface area contributed by atoms with Crippen LogP contribution in [0.2, 0.25) is 0 Å². The third-order valence-electron chi connectivity index (χ3n) is 7.47. The lowest BCUT2D eigenvalue weighted by Crippen LogP contribution is -2.51. The van der Waals surface area contributed by atoms with Crippen LogP contribution in [-0.2, 0) is 16.1 Å². The van der Waals surface area contributed by atoms with Crippen molar-refractivity contribution in [3.8, 4) is 0 Å². The molecule has 0 bridgehead atoms. The number of carbonyl (C=O) groups excluding carboxylic acids is 1. The van der Waals surface area contributed by atoms with Crippen molar-refractivity contribution >= 4 is 11.6 Å². The number of ether oxygens (including phenoxy) is 1. The summed E-state index contributed by atoms with van der Waals surface area (Å²) < 4.78 is 5.13. The van der Waals surface area contributed by atoms with E-state index in [4.69, 9.17) is 4.74 Å². The van der Waals surface area contributed by atoms with Crippen LogP contribution in [0.1, 0.15) is 52.0 Å². The number of likely N-dealkylation sites (tertiary alicyclic amines) is 2. The molecule has 2 N–H and O–H groups in total. The second kappa shape index (κ2) is 14.0. The van der Waals surface area contributed by atoms with Crippen LogP contribution in [0.3, 0.4) is 0 Å². The third-order valence-corrected chi connectivity index (χ3v) is 7.47. The molecule has 1 aromatic carbocycles. The lowest BCUT2D eigenvalue weighted by atomic mass is 10.0. The van der Waals surface area contributed by atoms with Gasteiger partial charge >= 0.3 is 0 Å². The molecular weight excluding hydrogens is 426 g/mol. The molecule has 1 aromatic rings. The van der Waals surface area contributed by atoms with E-state index in [9.17, 15) is 4.79 Å². The molecule has 0 unspecified atom stereocenters. The highest BCUT2D eigenvalue weighted by Crippen LogP contribution is 2.27. The van der Waals surface area contributed by atoms with E-state index in [0.717, 1.165) is 58.5 Å². The zero-order valence-corrected chi connectivity index (χ0v) is 21.9. The number of hydrogen-bond acceptors (Lipinski definition) is 6. The normalized spacial score (nSPS) is 22.2. The van der Waals surface area contributed by atoms with Gasteiger partial charge in [-0.1, -0.05) is 19.1 Å². The van der Waals surface area contributed by atoms with Crippen LogP contribution in [0.25, 0.3) is 0 Å². The molecule has 3 rings (SSSR count). The summed E-state index contributed by atoms with van der Waals surface area (Å²) in [4.78, 5) is 20.5. The van der Waals surface area contributed by atoms with Crippen molar-refractivity contribution in [3.05, 3.63) is 29.8 Å². The highest BCUT2D eigenvalue weighted by molar-refractivity contribution is 5.82. The van der Waals surface area contributed by atoms with Crippen molar-refractivity contribution in [2.45, 2.75) is 71.1 Å². The van der Waals surface area contributed by atoms with Crippen LogP contribution in [0, 0.1) is 0 Å². The molecule has 1 amide bonds. The summed E-state index contributed by atoms with van der Waals surface area (Å²) in [5.74, 6) is 0.154. The Balaban J connectivity index is 1.58. The van der Waals surface area contributed by atoms with Gasteiger partial charge in [-0.3, -0.25) is 9.69 Å². The van der Waals surface area contributed by atoms with Crippen LogP contribution in [-0.4, -0.2) is 93.4 Å². The topological polar surface area (TPSA) is 60.1 Å². The first-order chi connectivity index (χ1) is 16.6. The molecule has 2 saturated heterocycles. The van der Waals surface area contributed by atoms with E-state index in [-0.39, 0.29) is 11.9 Å². The first-order valence-electron chi connectivity index (χ1n) is 13.4. The van der Waals surface area contributed by atoms with Gasteiger partial charge in [0.1, 0.15) is 0 Å². The lowest BCUT2D eigenvalue weighted by molar-refractivity contribution is -0.126. The first-order valence-corrected chi connectivity index (χ1v) is 13.4. The van der Waals surface area contributed by atoms with Crippen molar-refractivity contribution in [2.75, 3.05) is 64.4 Å². The number of nitrogens with one attached hydrogen (secondary N) is 2. The van der Waals surface area contributed by atoms with Gasteiger partial charge in [0.2, 0.25) is 5.91 Å². The maximum atomic E-state index is 13.1. The van der Waals surface area contributed by atoms with Gasteiger partial charge in [0, 0.05) is 57.6 Å². The number of carbonyl (C=O) groups is 1. The Bertz CT molecular complexity index is 716. The van der Waals surface area contributed by atoms with Gasteiger partial charge in [0.25, 0.3) is 0 Å². The zero-order valence-electron chi connectivity index (χ0n) is 21.9. The fourth-order valence-corrected chi connectivity index (χ4v) is 5.53. The van der Waals surface area contributed by atoms with Crippen molar-refractivity contribution in [1.82, 2.24) is 20.4 Å². The van der Waals surface area contributed by atoms with Crippen molar-refractivity contribution in [3.63, 3.8) is 0 Å². The minimum absolute atomic E-state index is 0.0536. The van der Waals surface area contributed by atoms with Gasteiger partial charge in [0.05, 0.1) is 12.6 Å². The molecule has 2 atom stereocenters. The maximum Gasteiger partial charge on any atom is 0.237 e. The second-order valence-electron chi connectivity index (χ2n) is 9.72. The maximum absolute atomic E-state index is 13.1. The summed E-state index contributed by atoms with van der Waals surface area (Å²) in [5, 5.41) is 6.85. The Morgan fingerprint density at radius 1 is 1.12 bits per heavy atom. The summed E-state index contributed by atoms with van der Waals surface area (Å²) in [6, 6.07) is 9.67. The quantitative estimate of drug-likeness (QED) is 0.430. The van der Waals surface area contributed by atoms with Crippen LogP contribution in [0.15, 0.2) is 24.3 Å². The lowest BCUT2D eigenvalue weighted by Gasteiger charge is -2.39. The summed E-state index contributed by atoms with van der Waals surface area (Å²) in [7, 11) is 1.67. The molecule has 192 valence electrons. The van der Waals surface area contributed by atoms with E-state index in [1.807, 2.05) is 0 Å². The van der Waals surface area contributed by atoms with E-state index in [1.54, 1.807) is 7.11 Å². The fourth-order valence-electron chi connectivity index (χ4n) is 5.53. The second-order valence-corrected chi connectivity index (χ2v) is 9.72. The highest BCUT2D eigenvalue weighted by atomic mass is 16.5. The largest absolute Gasteiger partial charge is 0.383 e. The molecule has 0 spiro atoms. The minimum atomic E-state index is -0.0536. The standard InChI is InChI=1S/C27H47N5O2/c1-5-15-30-16-12-25(13-17-30)32-21-23(19-26(32)27(33)28-14-18-34-4)29-20-22-8-10-24(11-9-22)31(6-2)7-3/h8-11,23,25-26,29H,5-7,12-21H2,1-4H3,(H,28,33)/t23-,26-/m0/s1. The number of nitrogens with zero attached hydrogens (tertiary/aromatic N) is 3. The van der Waals surface area contributed by atoms with Gasteiger partial charge in [-0.15, -0.1) is 0 Å². The Kier molecular flexibility index (Phi) is 11.1. The number of rotatable bonds is 13. The zero-order chi connectivity index (χ0) is 24.3. The fraction of sp³-hybridized carbons (Fsp3) is 0.741. The predicted octanol–water partition coefficient (Wildman–Crippen LogP) is 2.70. The Labute approximate surface area is 207 Å². The number of anilines is 1. The molecule has 7 nitrogen and oxygen atoms in total. The van der Waals surface area contributed by atoms with Crippen molar-refractivity contribution < 1.29 is 9.53 Å². The average Bonchev–Trinajstić information content (AvgIpc) is 3.29. The monoisotopic (exact) mass is 473 g/mol. The van der Waals surface area contributed by atoms with E-state index in [2.05, 4.69) is 70.4 Å². The molecule has 0 aliphatic carbocycles. The van der Waals surface area contributed by atoms with Gasteiger partial charge in [0.15, 0.2) is 0 Å². The molecule has 2 heterocycles. The molecular formula is C27H47N5O2. The van der Waals surface area contributed by atoms with Crippen molar-refractivity contribution in [1.29, 1.82) is 0 Å². The third kappa shape index (κ3) is 7.41. The Hall–Kier alpha value is -1.67. The van der Waals surface area contributed by atoms with E-state index in [1.165, 1.54) is 24.2 Å². The Morgan fingerprint density at radius 3 is 2.44 bits per heavy atom. The number of amides is 1. The molecule has 0 saturated carbocycles. The number of benzene rings is 1.